The molecule has 0 amide bonds. The number of rotatable bonds is 6. The van der Waals surface area contributed by atoms with Crippen molar-refractivity contribution in [1.29, 1.82) is 0 Å². The van der Waals surface area contributed by atoms with Gasteiger partial charge in [-0.3, -0.25) is 0 Å². The fraction of sp³-hybridized carbons (Fsp3) is 0.333. The van der Waals surface area contributed by atoms with Crippen molar-refractivity contribution in [3.05, 3.63) is 89.2 Å². The summed E-state index contributed by atoms with van der Waals surface area (Å²) < 4.78 is 27.0. The molecule has 1 heterocycles. The summed E-state index contributed by atoms with van der Waals surface area (Å²) >= 11 is 0. The number of aromatic nitrogens is 1. The van der Waals surface area contributed by atoms with Crippen molar-refractivity contribution < 1.29 is 8.42 Å². The summed E-state index contributed by atoms with van der Waals surface area (Å²) in [6, 6.07) is 18.7. The van der Waals surface area contributed by atoms with Crippen LogP contribution in [0.15, 0.2) is 71.9 Å². The van der Waals surface area contributed by atoms with Crippen LogP contribution < -0.4 is 5.73 Å². The zero-order valence-electron chi connectivity index (χ0n) is 16.8. The molecule has 0 radical (unpaired) electrons. The lowest BCUT2D eigenvalue weighted by Crippen LogP contribution is -2.34. The predicted molar refractivity (Wildman–Crippen MR) is 117 cm³/mol. The summed E-state index contributed by atoms with van der Waals surface area (Å²) in [5, 5.41) is 0. The minimum atomic E-state index is -3.28. The quantitative estimate of drug-likeness (QED) is 0.677. The molecule has 1 aliphatic carbocycles. The van der Waals surface area contributed by atoms with Crippen LogP contribution in [0.1, 0.15) is 34.6 Å². The van der Waals surface area contributed by atoms with Gasteiger partial charge in [-0.2, -0.15) is 0 Å². The molecule has 0 aliphatic heterocycles. The molecule has 0 saturated carbocycles. The molecule has 0 saturated heterocycles. The summed E-state index contributed by atoms with van der Waals surface area (Å²) in [7, 11) is -1.45. The summed E-state index contributed by atoms with van der Waals surface area (Å²) in [6.45, 7) is 0. The molecular weight excluding hydrogens is 380 g/mol. The van der Waals surface area contributed by atoms with Crippen LogP contribution in [-0.4, -0.2) is 24.8 Å². The number of hydrogen-bond donors (Lipinski definition) is 1. The zero-order chi connectivity index (χ0) is 20.4. The smallest absolute Gasteiger partial charge is 0.180 e. The molecule has 29 heavy (non-hydrogen) atoms. The van der Waals surface area contributed by atoms with E-state index in [4.69, 9.17) is 5.73 Å². The molecule has 2 atom stereocenters. The highest BCUT2D eigenvalue weighted by Gasteiger charge is 2.27. The highest BCUT2D eigenvalue weighted by atomic mass is 32.2. The first-order valence-electron chi connectivity index (χ1n) is 10.2. The van der Waals surface area contributed by atoms with E-state index in [9.17, 15) is 8.42 Å². The topological polar surface area (TPSA) is 65.1 Å². The summed E-state index contributed by atoms with van der Waals surface area (Å²) in [4.78, 5) is 0.391. The maximum Gasteiger partial charge on any atom is 0.180 e. The van der Waals surface area contributed by atoms with E-state index in [2.05, 4.69) is 42.5 Å². The standard InChI is InChI=1S/C24H28N2O2S/c1-26-13-11-21(17-26)29(27,28)14-12-19-7-8-20-9-10-24(25)23(22(20)15-19)16-18-5-3-2-4-6-18/h2-8,11,13,15,17,23-24H,9-10,12,14,16,25H2,1H3. The van der Waals surface area contributed by atoms with Crippen LogP contribution in [0.2, 0.25) is 0 Å². The van der Waals surface area contributed by atoms with Gasteiger partial charge in [0.05, 0.1) is 10.6 Å². The minimum Gasteiger partial charge on any atom is -0.356 e. The van der Waals surface area contributed by atoms with E-state index in [-0.39, 0.29) is 17.7 Å². The van der Waals surface area contributed by atoms with E-state index in [1.54, 1.807) is 23.0 Å². The van der Waals surface area contributed by atoms with Crippen molar-refractivity contribution in [3.8, 4) is 0 Å². The van der Waals surface area contributed by atoms with Crippen molar-refractivity contribution in [2.45, 2.75) is 42.5 Å². The first-order chi connectivity index (χ1) is 13.9. The first-order valence-corrected chi connectivity index (χ1v) is 11.8. The Kier molecular flexibility index (Phi) is 5.61. The Hall–Kier alpha value is -2.37. The van der Waals surface area contributed by atoms with Gasteiger partial charge in [-0.05, 0) is 54.0 Å². The molecule has 1 aromatic heterocycles. The number of hydrogen-bond acceptors (Lipinski definition) is 3. The van der Waals surface area contributed by atoms with Gasteiger partial charge in [-0.1, -0.05) is 48.5 Å². The summed E-state index contributed by atoms with van der Waals surface area (Å²) in [6.07, 6.45) is 6.84. The molecule has 1 aliphatic rings. The average Bonchev–Trinajstić information content (AvgIpc) is 3.17. The van der Waals surface area contributed by atoms with E-state index in [1.165, 1.54) is 16.7 Å². The van der Waals surface area contributed by atoms with Crippen LogP contribution in [-0.2, 0) is 36.1 Å². The zero-order valence-corrected chi connectivity index (χ0v) is 17.6. The fourth-order valence-electron chi connectivity index (χ4n) is 4.29. The second kappa shape index (κ2) is 8.17. The number of sulfone groups is 1. The maximum atomic E-state index is 12.6. The normalized spacial score (nSPS) is 19.1. The average molecular weight is 409 g/mol. The third kappa shape index (κ3) is 4.46. The van der Waals surface area contributed by atoms with Gasteiger partial charge in [0.15, 0.2) is 9.84 Å². The number of benzene rings is 2. The molecule has 2 unspecified atom stereocenters. The summed E-state index contributed by atoms with van der Waals surface area (Å²) in [5.41, 5.74) is 11.5. The molecule has 3 aromatic rings. The Morgan fingerprint density at radius 2 is 1.86 bits per heavy atom. The molecule has 0 bridgehead atoms. The molecular formula is C24H28N2O2S. The number of nitrogens with two attached hydrogens (primary N) is 1. The van der Waals surface area contributed by atoms with Crippen molar-refractivity contribution >= 4 is 9.84 Å². The number of aryl methyl sites for hydroxylation is 3. The molecule has 4 rings (SSSR count). The van der Waals surface area contributed by atoms with Crippen LogP contribution in [0, 0.1) is 0 Å². The lowest BCUT2D eigenvalue weighted by molar-refractivity contribution is 0.467. The number of fused-ring (bicyclic) bond motifs is 1. The van der Waals surface area contributed by atoms with Gasteiger partial charge in [-0.15, -0.1) is 0 Å². The molecule has 152 valence electrons. The van der Waals surface area contributed by atoms with E-state index < -0.39 is 9.84 Å². The first kappa shape index (κ1) is 19.9. The monoisotopic (exact) mass is 408 g/mol. The van der Waals surface area contributed by atoms with Crippen LogP contribution in [0.3, 0.4) is 0 Å². The molecule has 5 heteroatoms. The fourth-order valence-corrected chi connectivity index (χ4v) is 5.62. The van der Waals surface area contributed by atoms with Crippen molar-refractivity contribution in [2.24, 2.45) is 12.8 Å². The maximum absolute atomic E-state index is 12.6. The van der Waals surface area contributed by atoms with E-state index in [1.807, 2.05) is 13.1 Å². The Labute approximate surface area is 173 Å². The lowest BCUT2D eigenvalue weighted by Gasteiger charge is -2.32. The van der Waals surface area contributed by atoms with Crippen LogP contribution in [0.4, 0.5) is 0 Å². The van der Waals surface area contributed by atoms with Gasteiger partial charge >= 0.3 is 0 Å². The lowest BCUT2D eigenvalue weighted by atomic mass is 9.76. The highest BCUT2D eigenvalue weighted by Crippen LogP contribution is 2.34. The Bertz CT molecular complexity index is 1090. The third-order valence-electron chi connectivity index (χ3n) is 6.00. The Morgan fingerprint density at radius 1 is 1.07 bits per heavy atom. The second-order valence-corrected chi connectivity index (χ2v) is 10.2. The van der Waals surface area contributed by atoms with Gasteiger partial charge in [-0.25, -0.2) is 8.42 Å². The van der Waals surface area contributed by atoms with Gasteiger partial charge < -0.3 is 10.3 Å². The molecule has 4 nitrogen and oxygen atoms in total. The van der Waals surface area contributed by atoms with Gasteiger partial charge in [0.25, 0.3) is 0 Å². The molecule has 2 N–H and O–H groups in total. The number of nitrogens with zero attached hydrogens (tertiary/aromatic N) is 1. The van der Waals surface area contributed by atoms with Crippen LogP contribution >= 0.6 is 0 Å². The third-order valence-corrected chi connectivity index (χ3v) is 7.70. The molecule has 0 fully saturated rings. The molecule has 0 spiro atoms. The van der Waals surface area contributed by atoms with Crippen molar-refractivity contribution in [3.63, 3.8) is 0 Å². The van der Waals surface area contributed by atoms with Crippen LogP contribution in [0.25, 0.3) is 0 Å². The Morgan fingerprint density at radius 3 is 2.59 bits per heavy atom. The minimum absolute atomic E-state index is 0.116. The van der Waals surface area contributed by atoms with E-state index in [0.29, 0.717) is 11.3 Å². The van der Waals surface area contributed by atoms with E-state index in [0.717, 1.165) is 24.8 Å². The highest BCUT2D eigenvalue weighted by molar-refractivity contribution is 7.91. The van der Waals surface area contributed by atoms with Crippen LogP contribution in [0.5, 0.6) is 0 Å². The SMILES string of the molecule is Cn1ccc(S(=O)(=O)CCc2ccc3c(c2)C(Cc2ccccc2)C(N)CC3)c1. The molecule has 2 aromatic carbocycles. The second-order valence-electron chi connectivity index (χ2n) is 8.11. The summed E-state index contributed by atoms with van der Waals surface area (Å²) in [5.74, 6) is 0.386. The van der Waals surface area contributed by atoms with E-state index >= 15 is 0 Å². The van der Waals surface area contributed by atoms with Crippen molar-refractivity contribution in [2.75, 3.05) is 5.75 Å². The van der Waals surface area contributed by atoms with Gasteiger partial charge in [0, 0.05) is 31.4 Å². The largest absolute Gasteiger partial charge is 0.356 e. The predicted octanol–water partition coefficient (Wildman–Crippen LogP) is 3.64. The van der Waals surface area contributed by atoms with Gasteiger partial charge in [0.1, 0.15) is 0 Å². The Balaban J connectivity index is 1.55. The van der Waals surface area contributed by atoms with Crippen molar-refractivity contribution in [1.82, 2.24) is 4.57 Å². The van der Waals surface area contributed by atoms with Gasteiger partial charge in [0.2, 0.25) is 0 Å².